The van der Waals surface area contributed by atoms with E-state index in [0.717, 1.165) is 49.8 Å². The Morgan fingerprint density at radius 1 is 1.11 bits per heavy atom. The van der Waals surface area contributed by atoms with E-state index < -0.39 is 0 Å². The van der Waals surface area contributed by atoms with E-state index in [1.54, 1.807) is 0 Å². The van der Waals surface area contributed by atoms with Crippen LogP contribution < -0.4 is 10.2 Å². The molecule has 5 heteroatoms. The Labute approximate surface area is 167 Å². The van der Waals surface area contributed by atoms with E-state index in [4.69, 9.17) is 4.74 Å². The lowest BCUT2D eigenvalue weighted by Crippen LogP contribution is -2.47. The van der Waals surface area contributed by atoms with Gasteiger partial charge in [-0.05, 0) is 55.9 Å². The first kappa shape index (κ1) is 19.4. The monoisotopic (exact) mass is 384 g/mol. The van der Waals surface area contributed by atoms with E-state index in [2.05, 4.69) is 5.32 Å². The average Bonchev–Trinajstić information content (AvgIpc) is 3.38. The summed E-state index contributed by atoms with van der Waals surface area (Å²) in [6, 6.07) is 5.85. The summed E-state index contributed by atoms with van der Waals surface area (Å²) >= 11 is 0. The summed E-state index contributed by atoms with van der Waals surface area (Å²) in [5.41, 5.74) is 2.75. The van der Waals surface area contributed by atoms with Crippen molar-refractivity contribution in [3.63, 3.8) is 0 Å². The minimum atomic E-state index is -0.0185. The van der Waals surface area contributed by atoms with Crippen molar-refractivity contribution < 1.29 is 14.3 Å². The molecule has 4 rings (SSSR count). The Morgan fingerprint density at radius 2 is 1.86 bits per heavy atom. The second-order valence-corrected chi connectivity index (χ2v) is 8.44. The minimum Gasteiger partial charge on any atom is -0.373 e. The minimum absolute atomic E-state index is 0.0185. The van der Waals surface area contributed by atoms with Crippen LogP contribution in [0.5, 0.6) is 0 Å². The van der Waals surface area contributed by atoms with Gasteiger partial charge in [0.25, 0.3) is 5.91 Å². The molecule has 2 saturated carbocycles. The van der Waals surface area contributed by atoms with Crippen molar-refractivity contribution in [2.45, 2.75) is 89.4 Å². The summed E-state index contributed by atoms with van der Waals surface area (Å²) in [5, 5.41) is 3.25. The van der Waals surface area contributed by atoms with Crippen LogP contribution in [0.25, 0.3) is 0 Å². The molecule has 2 fully saturated rings. The Kier molecular flexibility index (Phi) is 6.00. The van der Waals surface area contributed by atoms with Gasteiger partial charge in [-0.15, -0.1) is 0 Å². The van der Waals surface area contributed by atoms with Gasteiger partial charge in [0.05, 0.1) is 18.2 Å². The van der Waals surface area contributed by atoms with Crippen LogP contribution in [-0.2, 0) is 16.0 Å². The Hall–Kier alpha value is -1.88. The van der Waals surface area contributed by atoms with Crippen molar-refractivity contribution in [1.82, 2.24) is 5.32 Å². The molecule has 1 aromatic rings. The summed E-state index contributed by atoms with van der Waals surface area (Å²) in [6.07, 6.45) is 11.1. The number of hydrogen-bond donors (Lipinski definition) is 1. The number of fused-ring (bicyclic) bond motifs is 1. The first-order valence-electron chi connectivity index (χ1n) is 11.1. The normalized spacial score (nSPS) is 25.0. The smallest absolute Gasteiger partial charge is 0.251 e. The molecule has 0 aromatic heterocycles. The molecule has 1 aromatic carbocycles. The largest absolute Gasteiger partial charge is 0.373 e. The molecule has 2 amide bonds. The number of carbonyl (C=O) groups is 2. The average molecular weight is 385 g/mol. The van der Waals surface area contributed by atoms with Crippen molar-refractivity contribution >= 4 is 17.5 Å². The molecule has 3 aliphatic rings. The number of carbonyl (C=O) groups excluding carboxylic acids is 2. The lowest BCUT2D eigenvalue weighted by atomic mass is 9.91. The maximum absolute atomic E-state index is 12.9. The quantitative estimate of drug-likeness (QED) is 0.835. The van der Waals surface area contributed by atoms with E-state index in [-0.39, 0.29) is 24.0 Å². The highest BCUT2D eigenvalue weighted by Gasteiger charge is 2.31. The van der Waals surface area contributed by atoms with E-state index in [9.17, 15) is 9.59 Å². The number of hydrogen-bond acceptors (Lipinski definition) is 3. The molecule has 1 aliphatic heterocycles. The molecular formula is C23H32N2O3. The van der Waals surface area contributed by atoms with Crippen LogP contribution in [0.15, 0.2) is 18.2 Å². The predicted molar refractivity (Wildman–Crippen MR) is 110 cm³/mol. The van der Waals surface area contributed by atoms with Crippen LogP contribution in [0.3, 0.4) is 0 Å². The van der Waals surface area contributed by atoms with Gasteiger partial charge in [0.2, 0.25) is 5.91 Å². The number of amides is 2. The van der Waals surface area contributed by atoms with Gasteiger partial charge in [0.1, 0.15) is 0 Å². The van der Waals surface area contributed by atoms with Crippen LogP contribution in [-0.4, -0.2) is 36.6 Å². The summed E-state index contributed by atoms with van der Waals surface area (Å²) in [6.45, 7) is 2.60. The SMILES string of the molecule is CCC(=O)N1CCc2cc(C(=O)NC3CCCCC3OC3CCCC3)ccc21. The molecule has 2 aliphatic carbocycles. The molecule has 0 spiro atoms. The number of nitrogens with one attached hydrogen (secondary N) is 1. The lowest BCUT2D eigenvalue weighted by Gasteiger charge is -2.34. The van der Waals surface area contributed by atoms with Gasteiger partial charge in [-0.25, -0.2) is 0 Å². The predicted octanol–water partition coefficient (Wildman–Crippen LogP) is 3.99. The number of nitrogens with zero attached hydrogens (tertiary/aromatic N) is 1. The molecule has 0 bridgehead atoms. The first-order chi connectivity index (χ1) is 13.7. The van der Waals surface area contributed by atoms with E-state index in [1.165, 1.54) is 19.3 Å². The molecular weight excluding hydrogens is 352 g/mol. The summed E-state index contributed by atoms with van der Waals surface area (Å²) in [4.78, 5) is 26.8. The molecule has 0 radical (unpaired) electrons. The van der Waals surface area contributed by atoms with E-state index in [0.29, 0.717) is 24.6 Å². The maximum Gasteiger partial charge on any atom is 0.251 e. The highest BCUT2D eigenvalue weighted by molar-refractivity contribution is 5.98. The van der Waals surface area contributed by atoms with E-state index >= 15 is 0 Å². The van der Waals surface area contributed by atoms with Crippen molar-refractivity contribution in [2.24, 2.45) is 0 Å². The Bertz CT molecular complexity index is 727. The molecule has 28 heavy (non-hydrogen) atoms. The Morgan fingerprint density at radius 3 is 2.64 bits per heavy atom. The first-order valence-corrected chi connectivity index (χ1v) is 11.1. The zero-order valence-corrected chi connectivity index (χ0v) is 16.9. The highest BCUT2D eigenvalue weighted by Crippen LogP contribution is 2.31. The highest BCUT2D eigenvalue weighted by atomic mass is 16.5. The molecule has 5 nitrogen and oxygen atoms in total. The van der Waals surface area contributed by atoms with E-state index in [1.807, 2.05) is 30.0 Å². The fourth-order valence-corrected chi connectivity index (χ4v) is 4.94. The number of rotatable bonds is 5. The zero-order chi connectivity index (χ0) is 19.5. The summed E-state index contributed by atoms with van der Waals surface area (Å²) < 4.78 is 6.37. The number of ether oxygens (including phenoxy) is 1. The van der Waals surface area contributed by atoms with Crippen LogP contribution >= 0.6 is 0 Å². The lowest BCUT2D eigenvalue weighted by molar-refractivity contribution is -0.118. The van der Waals surface area contributed by atoms with Crippen LogP contribution in [0, 0.1) is 0 Å². The van der Waals surface area contributed by atoms with Crippen LogP contribution in [0.1, 0.15) is 80.6 Å². The fraction of sp³-hybridized carbons (Fsp3) is 0.652. The molecule has 0 saturated heterocycles. The third kappa shape index (κ3) is 4.09. The van der Waals surface area contributed by atoms with Crippen molar-refractivity contribution in [2.75, 3.05) is 11.4 Å². The van der Waals surface area contributed by atoms with Gasteiger partial charge in [-0.3, -0.25) is 9.59 Å². The summed E-state index contributed by atoms with van der Waals surface area (Å²) in [7, 11) is 0. The number of anilines is 1. The van der Waals surface area contributed by atoms with Gasteiger partial charge >= 0.3 is 0 Å². The summed E-state index contributed by atoms with van der Waals surface area (Å²) in [5.74, 6) is 0.125. The molecule has 2 atom stereocenters. The van der Waals surface area contributed by atoms with Gasteiger partial charge < -0.3 is 15.0 Å². The van der Waals surface area contributed by atoms with Crippen LogP contribution in [0.4, 0.5) is 5.69 Å². The standard InChI is InChI=1S/C23H32N2O3/c1-2-22(26)25-14-13-16-15-17(11-12-20(16)25)23(27)24-19-9-5-6-10-21(19)28-18-7-3-4-8-18/h11-12,15,18-19,21H,2-10,13-14H2,1H3,(H,24,27). The van der Waals surface area contributed by atoms with Crippen molar-refractivity contribution in [3.05, 3.63) is 29.3 Å². The topological polar surface area (TPSA) is 58.6 Å². The molecule has 1 N–H and O–H groups in total. The van der Waals surface area contributed by atoms with Crippen molar-refractivity contribution in [3.8, 4) is 0 Å². The maximum atomic E-state index is 12.9. The second-order valence-electron chi connectivity index (χ2n) is 8.44. The Balaban J connectivity index is 1.42. The van der Waals surface area contributed by atoms with Crippen LogP contribution in [0.2, 0.25) is 0 Å². The van der Waals surface area contributed by atoms with Gasteiger partial charge in [-0.2, -0.15) is 0 Å². The van der Waals surface area contributed by atoms with Gasteiger partial charge in [0.15, 0.2) is 0 Å². The fourth-order valence-electron chi connectivity index (χ4n) is 4.94. The number of benzene rings is 1. The third-order valence-corrected chi connectivity index (χ3v) is 6.53. The van der Waals surface area contributed by atoms with Gasteiger partial charge in [0, 0.05) is 24.2 Å². The molecule has 2 unspecified atom stereocenters. The third-order valence-electron chi connectivity index (χ3n) is 6.53. The van der Waals surface area contributed by atoms with Gasteiger partial charge in [-0.1, -0.05) is 32.6 Å². The molecule has 152 valence electrons. The van der Waals surface area contributed by atoms with Crippen molar-refractivity contribution in [1.29, 1.82) is 0 Å². The zero-order valence-electron chi connectivity index (χ0n) is 16.9. The molecule has 1 heterocycles. The second kappa shape index (κ2) is 8.64.